The second kappa shape index (κ2) is 13.9. The van der Waals surface area contributed by atoms with Crippen molar-refractivity contribution in [3.63, 3.8) is 0 Å². The summed E-state index contributed by atoms with van der Waals surface area (Å²) >= 11 is 0. The summed E-state index contributed by atoms with van der Waals surface area (Å²) < 4.78 is 9.81. The van der Waals surface area contributed by atoms with E-state index in [0.717, 1.165) is 0 Å². The van der Waals surface area contributed by atoms with Gasteiger partial charge in [0.1, 0.15) is 12.1 Å². The molecule has 2 amide bonds. The van der Waals surface area contributed by atoms with E-state index in [1.54, 1.807) is 13.8 Å². The Labute approximate surface area is 177 Å². The molecule has 0 saturated carbocycles. The maximum atomic E-state index is 12.3. The highest BCUT2D eigenvalue weighted by atomic mass is 16.5. The van der Waals surface area contributed by atoms with Crippen LogP contribution in [-0.2, 0) is 28.7 Å². The molecule has 10 nitrogen and oxygen atoms in total. The average Bonchev–Trinajstić information content (AvgIpc) is 2.65. The molecule has 0 rings (SSSR count). The lowest BCUT2D eigenvalue weighted by Gasteiger charge is -2.24. The lowest BCUT2D eigenvalue weighted by Crippen LogP contribution is -2.55. The fourth-order valence-electron chi connectivity index (χ4n) is 2.66. The van der Waals surface area contributed by atoms with E-state index in [-0.39, 0.29) is 37.9 Å². The quantitative estimate of drug-likeness (QED) is 0.294. The van der Waals surface area contributed by atoms with Crippen molar-refractivity contribution in [3.8, 4) is 0 Å². The molecule has 174 valence electrons. The number of amides is 2. The Morgan fingerprint density at radius 1 is 0.700 bits per heavy atom. The highest BCUT2D eigenvalue weighted by molar-refractivity contribution is 5.94. The minimum atomic E-state index is -2.14. The molecule has 0 aromatic heterocycles. The molecule has 4 N–H and O–H groups in total. The predicted molar refractivity (Wildman–Crippen MR) is 108 cm³/mol. The van der Waals surface area contributed by atoms with Gasteiger partial charge in [-0.25, -0.2) is 9.59 Å². The summed E-state index contributed by atoms with van der Waals surface area (Å²) in [6, 6.07) is -2.06. The van der Waals surface area contributed by atoms with Crippen LogP contribution in [0.5, 0.6) is 0 Å². The van der Waals surface area contributed by atoms with Crippen molar-refractivity contribution < 1.29 is 38.9 Å². The van der Waals surface area contributed by atoms with E-state index in [4.69, 9.17) is 9.47 Å². The highest BCUT2D eigenvalue weighted by Gasteiger charge is 2.35. The molecule has 0 heterocycles. The van der Waals surface area contributed by atoms with Crippen molar-refractivity contribution in [2.75, 3.05) is 13.2 Å². The fraction of sp³-hybridized carbons (Fsp3) is 0.800. The first-order valence-electron chi connectivity index (χ1n) is 10.2. The molecule has 0 aromatic carbocycles. The number of carbonyl (C=O) groups is 4. The molecule has 0 unspecified atom stereocenters. The van der Waals surface area contributed by atoms with Gasteiger partial charge < -0.3 is 30.3 Å². The maximum absolute atomic E-state index is 12.3. The molecule has 0 bridgehead atoms. The van der Waals surface area contributed by atoms with Crippen LogP contribution in [0.25, 0.3) is 0 Å². The number of carbonyl (C=O) groups excluding carboxylic acids is 4. The molecule has 0 fully saturated rings. The fourth-order valence-corrected chi connectivity index (χ4v) is 2.66. The summed E-state index contributed by atoms with van der Waals surface area (Å²) in [5.41, 5.74) is 0. The Kier molecular flexibility index (Phi) is 12.9. The molecule has 30 heavy (non-hydrogen) atoms. The van der Waals surface area contributed by atoms with Crippen LogP contribution < -0.4 is 10.6 Å². The smallest absolute Gasteiger partial charge is 0.328 e. The molecule has 0 radical (unpaired) electrons. The standard InChI is InChI=1S/C20H36N2O8/c1-7-29-19(27)13(9-11(3)4)21-17(25)15(23)16(24)18(26)22-14(10-12(5)6)20(28)30-8-2/h11-16,23-24H,7-10H2,1-6H3,(H,21,25)(H,22,26)/t13-,14-,15-,16-/m0/s1. The first-order valence-corrected chi connectivity index (χ1v) is 10.2. The Morgan fingerprint density at radius 2 is 1.00 bits per heavy atom. The van der Waals surface area contributed by atoms with E-state index in [1.165, 1.54) is 0 Å². The number of hydrogen-bond acceptors (Lipinski definition) is 8. The van der Waals surface area contributed by atoms with Gasteiger partial charge in [-0.3, -0.25) is 9.59 Å². The van der Waals surface area contributed by atoms with Gasteiger partial charge in [0.05, 0.1) is 13.2 Å². The molecule has 0 aliphatic rings. The van der Waals surface area contributed by atoms with E-state index < -0.39 is 48.0 Å². The van der Waals surface area contributed by atoms with Gasteiger partial charge in [0.25, 0.3) is 11.8 Å². The summed E-state index contributed by atoms with van der Waals surface area (Å²) in [4.78, 5) is 48.6. The zero-order chi connectivity index (χ0) is 23.4. The Bertz CT molecular complexity index is 529. The van der Waals surface area contributed by atoms with E-state index in [2.05, 4.69) is 10.6 Å². The van der Waals surface area contributed by atoms with E-state index in [9.17, 15) is 29.4 Å². The summed E-state index contributed by atoms with van der Waals surface area (Å²) in [6.45, 7) is 10.8. The van der Waals surface area contributed by atoms with Gasteiger partial charge in [-0.15, -0.1) is 0 Å². The topological polar surface area (TPSA) is 151 Å². The molecule has 0 saturated heterocycles. The minimum absolute atomic E-state index is 0.0337. The van der Waals surface area contributed by atoms with Crippen LogP contribution in [0.15, 0.2) is 0 Å². The third-order valence-corrected chi connectivity index (χ3v) is 4.03. The molecular weight excluding hydrogens is 396 g/mol. The first-order chi connectivity index (χ1) is 13.9. The molecular formula is C20H36N2O8. The predicted octanol–water partition coefficient (Wildman–Crippen LogP) is -0.104. The van der Waals surface area contributed by atoms with Gasteiger partial charge in [0, 0.05) is 0 Å². The Morgan fingerprint density at radius 3 is 1.23 bits per heavy atom. The number of aliphatic hydroxyl groups excluding tert-OH is 2. The number of aliphatic hydroxyl groups is 2. The first kappa shape index (κ1) is 27.8. The lowest BCUT2D eigenvalue weighted by atomic mass is 10.0. The van der Waals surface area contributed by atoms with E-state index in [0.29, 0.717) is 0 Å². The van der Waals surface area contributed by atoms with Crippen LogP contribution in [0.4, 0.5) is 0 Å². The third kappa shape index (κ3) is 10.0. The second-order valence-electron chi connectivity index (χ2n) is 7.78. The van der Waals surface area contributed by atoms with Crippen molar-refractivity contribution in [1.82, 2.24) is 10.6 Å². The number of nitrogens with one attached hydrogen (secondary N) is 2. The maximum Gasteiger partial charge on any atom is 0.328 e. The van der Waals surface area contributed by atoms with Gasteiger partial charge in [0.15, 0.2) is 12.2 Å². The van der Waals surface area contributed by atoms with Crippen LogP contribution in [0, 0.1) is 11.8 Å². The third-order valence-electron chi connectivity index (χ3n) is 4.03. The van der Waals surface area contributed by atoms with Crippen LogP contribution in [0.2, 0.25) is 0 Å². The van der Waals surface area contributed by atoms with Gasteiger partial charge in [0.2, 0.25) is 0 Å². The number of ether oxygens (including phenoxy) is 2. The summed E-state index contributed by atoms with van der Waals surface area (Å²) in [5.74, 6) is -3.49. The summed E-state index contributed by atoms with van der Waals surface area (Å²) in [6.07, 6.45) is -3.79. The van der Waals surface area contributed by atoms with Gasteiger partial charge >= 0.3 is 11.9 Å². The Balaban J connectivity index is 5.13. The largest absolute Gasteiger partial charge is 0.464 e. The van der Waals surface area contributed by atoms with Crippen LogP contribution in [0.1, 0.15) is 54.4 Å². The lowest BCUT2D eigenvalue weighted by molar-refractivity contribution is -0.154. The highest BCUT2D eigenvalue weighted by Crippen LogP contribution is 2.09. The van der Waals surface area contributed by atoms with E-state index in [1.807, 2.05) is 27.7 Å². The molecule has 0 aromatic rings. The van der Waals surface area contributed by atoms with Crippen molar-refractivity contribution in [2.24, 2.45) is 11.8 Å². The Hall–Kier alpha value is -2.20. The van der Waals surface area contributed by atoms with Crippen molar-refractivity contribution in [3.05, 3.63) is 0 Å². The average molecular weight is 433 g/mol. The van der Waals surface area contributed by atoms with Crippen LogP contribution in [-0.4, -0.2) is 71.5 Å². The van der Waals surface area contributed by atoms with Gasteiger partial charge in [-0.1, -0.05) is 27.7 Å². The summed E-state index contributed by atoms with van der Waals surface area (Å²) in [7, 11) is 0. The minimum Gasteiger partial charge on any atom is -0.464 e. The number of esters is 2. The monoisotopic (exact) mass is 432 g/mol. The molecule has 0 spiro atoms. The van der Waals surface area contributed by atoms with Crippen molar-refractivity contribution in [1.29, 1.82) is 0 Å². The van der Waals surface area contributed by atoms with Crippen LogP contribution in [0.3, 0.4) is 0 Å². The zero-order valence-corrected chi connectivity index (χ0v) is 18.6. The molecule has 0 aliphatic carbocycles. The molecule has 4 atom stereocenters. The van der Waals surface area contributed by atoms with Gasteiger partial charge in [-0.2, -0.15) is 0 Å². The number of rotatable bonds is 13. The zero-order valence-electron chi connectivity index (χ0n) is 18.6. The van der Waals surface area contributed by atoms with E-state index >= 15 is 0 Å². The van der Waals surface area contributed by atoms with Gasteiger partial charge in [-0.05, 0) is 38.5 Å². The number of hydrogen-bond donors (Lipinski definition) is 4. The molecule has 10 heteroatoms. The van der Waals surface area contributed by atoms with Crippen molar-refractivity contribution >= 4 is 23.8 Å². The SMILES string of the molecule is CCOC(=O)[C@H](CC(C)C)NC(=O)[C@@H](O)[C@H](O)C(=O)N[C@@H](CC(C)C)C(=O)OCC. The second-order valence-corrected chi connectivity index (χ2v) is 7.78. The summed E-state index contributed by atoms with van der Waals surface area (Å²) in [5, 5.41) is 24.8. The van der Waals surface area contributed by atoms with Crippen LogP contribution >= 0.6 is 0 Å². The molecule has 0 aliphatic heterocycles. The normalized spacial score (nSPS) is 15.1. The van der Waals surface area contributed by atoms with Crippen molar-refractivity contribution in [2.45, 2.75) is 78.7 Å².